The van der Waals surface area contributed by atoms with Crippen molar-refractivity contribution in [2.24, 2.45) is 0 Å². The summed E-state index contributed by atoms with van der Waals surface area (Å²) in [4.78, 5) is 11.8. The number of carbonyl (C=O) groups excluding carboxylic acids is 1. The number of amides is 1. The molecule has 1 aromatic carbocycles. The zero-order valence-electron chi connectivity index (χ0n) is 11.8. The number of benzene rings is 1. The van der Waals surface area contributed by atoms with Crippen molar-refractivity contribution in [3.05, 3.63) is 54.0 Å². The van der Waals surface area contributed by atoms with Crippen molar-refractivity contribution < 1.29 is 13.9 Å². The van der Waals surface area contributed by atoms with Crippen molar-refractivity contribution in [1.29, 1.82) is 0 Å². The van der Waals surface area contributed by atoms with E-state index in [1.807, 2.05) is 44.2 Å². The predicted molar refractivity (Wildman–Crippen MR) is 76.7 cm³/mol. The van der Waals surface area contributed by atoms with Crippen molar-refractivity contribution in [2.75, 3.05) is 6.61 Å². The molecule has 4 nitrogen and oxygen atoms in total. The predicted octanol–water partition coefficient (Wildman–Crippen LogP) is 2.71. The van der Waals surface area contributed by atoms with E-state index < -0.39 is 0 Å². The van der Waals surface area contributed by atoms with Gasteiger partial charge >= 0.3 is 0 Å². The molecular formula is C16H19NO3. The summed E-state index contributed by atoms with van der Waals surface area (Å²) in [5.41, 5.74) is 2.09. The fourth-order valence-corrected chi connectivity index (χ4v) is 1.99. The summed E-state index contributed by atoms with van der Waals surface area (Å²) in [7, 11) is 0. The Balaban J connectivity index is 1.76. The Morgan fingerprint density at radius 2 is 2.15 bits per heavy atom. The average Bonchev–Trinajstić information content (AvgIpc) is 2.90. The summed E-state index contributed by atoms with van der Waals surface area (Å²) in [6, 6.07) is 9.58. The molecule has 1 aromatic heterocycles. The Hall–Kier alpha value is -2.23. The third kappa shape index (κ3) is 4.16. The molecule has 0 aliphatic carbocycles. The largest absolute Gasteiger partial charge is 0.484 e. The van der Waals surface area contributed by atoms with E-state index in [2.05, 4.69) is 5.32 Å². The first-order chi connectivity index (χ1) is 9.65. The van der Waals surface area contributed by atoms with Crippen molar-refractivity contribution in [2.45, 2.75) is 26.3 Å². The standard InChI is InChI=1S/C16H19NO3/c1-12-5-3-4-6-15(12)20-11-16(18)17-13(2)9-14-7-8-19-10-14/h3-8,10,13H,9,11H2,1-2H3,(H,17,18)/t13-/m1/s1. The van der Waals surface area contributed by atoms with Crippen LogP contribution in [0.15, 0.2) is 47.3 Å². The molecule has 0 saturated carbocycles. The maximum absolute atomic E-state index is 11.8. The molecule has 0 aliphatic heterocycles. The zero-order valence-corrected chi connectivity index (χ0v) is 11.8. The lowest BCUT2D eigenvalue weighted by atomic mass is 10.1. The Morgan fingerprint density at radius 1 is 1.35 bits per heavy atom. The molecule has 20 heavy (non-hydrogen) atoms. The highest BCUT2D eigenvalue weighted by Gasteiger charge is 2.10. The summed E-state index contributed by atoms with van der Waals surface area (Å²) in [6.07, 6.45) is 4.06. The molecule has 1 heterocycles. The number of ether oxygens (including phenoxy) is 1. The topological polar surface area (TPSA) is 51.5 Å². The number of aryl methyl sites for hydroxylation is 1. The summed E-state index contributed by atoms with van der Waals surface area (Å²) >= 11 is 0. The molecule has 2 aromatic rings. The lowest BCUT2D eigenvalue weighted by Crippen LogP contribution is -2.37. The van der Waals surface area contributed by atoms with Gasteiger partial charge in [0.25, 0.3) is 5.91 Å². The molecule has 1 atom stereocenters. The molecule has 106 valence electrons. The third-order valence-corrected chi connectivity index (χ3v) is 2.98. The zero-order chi connectivity index (χ0) is 14.4. The van der Waals surface area contributed by atoms with Crippen molar-refractivity contribution in [3.8, 4) is 5.75 Å². The summed E-state index contributed by atoms with van der Waals surface area (Å²) in [6.45, 7) is 3.94. The number of para-hydroxylation sites is 1. The van der Waals surface area contributed by atoms with E-state index in [0.29, 0.717) is 0 Å². The minimum atomic E-state index is -0.121. The highest BCUT2D eigenvalue weighted by atomic mass is 16.5. The maximum atomic E-state index is 11.8. The smallest absolute Gasteiger partial charge is 0.258 e. The van der Waals surface area contributed by atoms with Crippen LogP contribution in [-0.4, -0.2) is 18.6 Å². The summed E-state index contributed by atoms with van der Waals surface area (Å²) < 4.78 is 10.5. The van der Waals surface area contributed by atoms with Gasteiger partial charge in [-0.1, -0.05) is 18.2 Å². The van der Waals surface area contributed by atoms with Crippen molar-refractivity contribution in [3.63, 3.8) is 0 Å². The molecule has 0 fully saturated rings. The van der Waals surface area contributed by atoms with E-state index in [9.17, 15) is 4.79 Å². The van der Waals surface area contributed by atoms with Gasteiger partial charge in [-0.3, -0.25) is 4.79 Å². The van der Waals surface area contributed by atoms with Crippen molar-refractivity contribution in [1.82, 2.24) is 5.32 Å². The summed E-state index contributed by atoms with van der Waals surface area (Å²) in [5.74, 6) is 0.620. The molecule has 0 radical (unpaired) electrons. The lowest BCUT2D eigenvalue weighted by Gasteiger charge is -2.14. The minimum Gasteiger partial charge on any atom is -0.484 e. The van der Waals surface area contributed by atoms with E-state index in [0.717, 1.165) is 23.3 Å². The Morgan fingerprint density at radius 3 is 2.85 bits per heavy atom. The molecular weight excluding hydrogens is 254 g/mol. The fraction of sp³-hybridized carbons (Fsp3) is 0.312. The highest BCUT2D eigenvalue weighted by molar-refractivity contribution is 5.77. The molecule has 4 heteroatoms. The number of hydrogen-bond donors (Lipinski definition) is 1. The molecule has 0 saturated heterocycles. The van der Waals surface area contributed by atoms with E-state index in [-0.39, 0.29) is 18.6 Å². The van der Waals surface area contributed by atoms with Gasteiger partial charge in [-0.25, -0.2) is 0 Å². The first-order valence-electron chi connectivity index (χ1n) is 6.64. The first kappa shape index (κ1) is 14.2. The molecule has 0 spiro atoms. The number of hydrogen-bond acceptors (Lipinski definition) is 3. The second-order valence-electron chi connectivity index (χ2n) is 4.86. The van der Waals surface area contributed by atoms with Gasteiger partial charge in [0.15, 0.2) is 6.61 Å². The van der Waals surface area contributed by atoms with E-state index >= 15 is 0 Å². The van der Waals surface area contributed by atoms with Crippen LogP contribution >= 0.6 is 0 Å². The van der Waals surface area contributed by atoms with Crippen LogP contribution in [0.5, 0.6) is 5.75 Å². The van der Waals surface area contributed by atoms with E-state index in [1.54, 1.807) is 12.5 Å². The molecule has 0 unspecified atom stereocenters. The normalized spacial score (nSPS) is 11.9. The van der Waals surface area contributed by atoms with Gasteiger partial charge in [-0.15, -0.1) is 0 Å². The van der Waals surface area contributed by atoms with Gasteiger partial charge in [0, 0.05) is 6.04 Å². The average molecular weight is 273 g/mol. The minimum absolute atomic E-state index is 0.0284. The quantitative estimate of drug-likeness (QED) is 0.880. The number of nitrogens with one attached hydrogen (secondary N) is 1. The van der Waals surface area contributed by atoms with Gasteiger partial charge in [-0.2, -0.15) is 0 Å². The number of carbonyl (C=O) groups is 1. The van der Waals surface area contributed by atoms with Crippen LogP contribution in [0, 0.1) is 6.92 Å². The Kier molecular flexibility index (Phi) is 4.82. The van der Waals surface area contributed by atoms with Gasteiger partial charge in [0.05, 0.1) is 12.5 Å². The van der Waals surface area contributed by atoms with Crippen molar-refractivity contribution >= 4 is 5.91 Å². The summed E-state index contributed by atoms with van der Waals surface area (Å²) in [5, 5.41) is 2.90. The van der Waals surface area contributed by atoms with Crippen LogP contribution in [0.3, 0.4) is 0 Å². The molecule has 1 N–H and O–H groups in total. The third-order valence-electron chi connectivity index (χ3n) is 2.98. The van der Waals surface area contributed by atoms with E-state index in [4.69, 9.17) is 9.15 Å². The molecule has 1 amide bonds. The Labute approximate surface area is 118 Å². The highest BCUT2D eigenvalue weighted by Crippen LogP contribution is 2.15. The van der Waals surface area contributed by atoms with Gasteiger partial charge in [0.1, 0.15) is 5.75 Å². The second kappa shape index (κ2) is 6.80. The SMILES string of the molecule is Cc1ccccc1OCC(=O)N[C@H](C)Cc1ccoc1. The number of rotatable bonds is 6. The van der Waals surface area contributed by atoms with Crippen LogP contribution in [-0.2, 0) is 11.2 Å². The van der Waals surface area contributed by atoms with Crippen LogP contribution in [0.2, 0.25) is 0 Å². The van der Waals surface area contributed by atoms with Crippen LogP contribution < -0.4 is 10.1 Å². The van der Waals surface area contributed by atoms with Crippen LogP contribution in [0.4, 0.5) is 0 Å². The monoisotopic (exact) mass is 273 g/mol. The Bertz CT molecular complexity index is 549. The van der Waals surface area contributed by atoms with Crippen LogP contribution in [0.1, 0.15) is 18.1 Å². The molecule has 2 rings (SSSR count). The van der Waals surface area contributed by atoms with Gasteiger partial charge in [0.2, 0.25) is 0 Å². The molecule has 0 aliphatic rings. The van der Waals surface area contributed by atoms with E-state index in [1.165, 1.54) is 0 Å². The maximum Gasteiger partial charge on any atom is 0.258 e. The van der Waals surface area contributed by atoms with Gasteiger partial charge in [-0.05, 0) is 43.5 Å². The second-order valence-corrected chi connectivity index (χ2v) is 4.86. The lowest BCUT2D eigenvalue weighted by molar-refractivity contribution is -0.123. The van der Waals surface area contributed by atoms with Crippen LogP contribution in [0.25, 0.3) is 0 Å². The number of furan rings is 1. The molecule has 0 bridgehead atoms. The fourth-order valence-electron chi connectivity index (χ4n) is 1.99. The first-order valence-corrected chi connectivity index (χ1v) is 6.64. The van der Waals surface area contributed by atoms with Gasteiger partial charge < -0.3 is 14.5 Å².